The van der Waals surface area contributed by atoms with E-state index in [-0.39, 0.29) is 0 Å². The van der Waals surface area contributed by atoms with Crippen molar-refractivity contribution in [1.82, 2.24) is 5.32 Å². The Morgan fingerprint density at radius 2 is 2.36 bits per heavy atom. The van der Waals surface area contributed by atoms with E-state index in [9.17, 15) is 0 Å². The van der Waals surface area contributed by atoms with Gasteiger partial charge in [0.05, 0.1) is 0 Å². The number of thiophene rings is 1. The van der Waals surface area contributed by atoms with Crippen molar-refractivity contribution in [1.29, 1.82) is 0 Å². The van der Waals surface area contributed by atoms with Crippen molar-refractivity contribution in [2.75, 3.05) is 13.1 Å². The lowest BCUT2D eigenvalue weighted by Gasteiger charge is -1.97. The first-order valence-electron chi connectivity index (χ1n) is 4.08. The molecular weight excluding hydrogens is 154 g/mol. The summed E-state index contributed by atoms with van der Waals surface area (Å²) in [6.45, 7) is 4.17. The van der Waals surface area contributed by atoms with E-state index in [1.165, 1.54) is 12.0 Å². The van der Waals surface area contributed by atoms with Gasteiger partial charge in [0.2, 0.25) is 0 Å². The fraction of sp³-hybridized carbons (Fsp3) is 0.556. The number of rotatable bonds is 5. The molecule has 0 spiro atoms. The summed E-state index contributed by atoms with van der Waals surface area (Å²) in [6.07, 6.45) is 2.28. The first kappa shape index (κ1) is 8.75. The molecule has 0 aromatic carbocycles. The molecule has 1 aromatic rings. The van der Waals surface area contributed by atoms with Crippen molar-refractivity contribution in [3.8, 4) is 0 Å². The van der Waals surface area contributed by atoms with Crippen LogP contribution in [0.5, 0.6) is 0 Å². The van der Waals surface area contributed by atoms with Crippen LogP contribution in [0.2, 0.25) is 0 Å². The fourth-order valence-electron chi connectivity index (χ4n) is 0.913. The van der Waals surface area contributed by atoms with Gasteiger partial charge in [-0.2, -0.15) is 11.3 Å². The summed E-state index contributed by atoms with van der Waals surface area (Å²) in [6, 6.07) is 2.17. The summed E-state index contributed by atoms with van der Waals surface area (Å²) >= 11 is 1.76. The molecule has 0 saturated carbocycles. The van der Waals surface area contributed by atoms with Crippen LogP contribution in [-0.2, 0) is 6.42 Å². The maximum Gasteiger partial charge on any atom is 0.0174 e. The second kappa shape index (κ2) is 5.33. The predicted molar refractivity (Wildman–Crippen MR) is 50.2 cm³/mol. The third-order valence-corrected chi connectivity index (χ3v) is 2.25. The Bertz CT molecular complexity index is 170. The highest BCUT2D eigenvalue weighted by Crippen LogP contribution is 2.05. The minimum Gasteiger partial charge on any atom is -0.241 e. The van der Waals surface area contributed by atoms with E-state index in [0.717, 1.165) is 19.5 Å². The molecule has 0 amide bonds. The molecule has 1 heterocycles. The van der Waals surface area contributed by atoms with E-state index in [2.05, 4.69) is 29.1 Å². The number of hydrogen-bond acceptors (Lipinski definition) is 1. The zero-order valence-electron chi connectivity index (χ0n) is 6.92. The Labute approximate surface area is 72.4 Å². The van der Waals surface area contributed by atoms with E-state index in [1.807, 2.05) is 0 Å². The molecule has 0 unspecified atom stereocenters. The molecule has 0 bridgehead atoms. The highest BCUT2D eigenvalue weighted by atomic mass is 32.1. The van der Waals surface area contributed by atoms with E-state index < -0.39 is 0 Å². The van der Waals surface area contributed by atoms with Crippen LogP contribution in [0, 0.1) is 0 Å². The highest BCUT2D eigenvalue weighted by molar-refractivity contribution is 7.07. The van der Waals surface area contributed by atoms with Gasteiger partial charge in [0.15, 0.2) is 0 Å². The van der Waals surface area contributed by atoms with Crippen LogP contribution < -0.4 is 5.32 Å². The summed E-state index contributed by atoms with van der Waals surface area (Å²) in [5, 5.41) is 8.69. The predicted octanol–water partition coefficient (Wildman–Crippen LogP) is 2.31. The lowest BCUT2D eigenvalue weighted by Crippen LogP contribution is -2.09. The lowest BCUT2D eigenvalue weighted by molar-refractivity contribution is 0.658. The van der Waals surface area contributed by atoms with E-state index in [4.69, 9.17) is 0 Å². The summed E-state index contributed by atoms with van der Waals surface area (Å²) in [5.74, 6) is 0. The van der Waals surface area contributed by atoms with Crippen LogP contribution in [0.25, 0.3) is 0 Å². The monoisotopic (exact) mass is 168 g/mol. The van der Waals surface area contributed by atoms with Gasteiger partial charge in [-0.05, 0) is 35.2 Å². The van der Waals surface area contributed by atoms with Crippen LogP contribution >= 0.6 is 11.3 Å². The maximum atomic E-state index is 4.37. The third kappa shape index (κ3) is 3.54. The molecule has 0 aliphatic heterocycles. The molecule has 2 heteroatoms. The minimum absolute atomic E-state index is 0.991. The molecular formula is C9H14NS. The van der Waals surface area contributed by atoms with Crippen molar-refractivity contribution in [2.24, 2.45) is 0 Å². The van der Waals surface area contributed by atoms with Crippen molar-refractivity contribution < 1.29 is 0 Å². The van der Waals surface area contributed by atoms with Gasteiger partial charge < -0.3 is 0 Å². The molecule has 0 atom stereocenters. The second-order valence-electron chi connectivity index (χ2n) is 2.55. The van der Waals surface area contributed by atoms with Gasteiger partial charge in [0, 0.05) is 13.1 Å². The molecule has 1 nitrogen and oxygen atoms in total. The van der Waals surface area contributed by atoms with Crippen molar-refractivity contribution >= 4 is 11.3 Å². The molecule has 11 heavy (non-hydrogen) atoms. The van der Waals surface area contributed by atoms with Gasteiger partial charge in [0.25, 0.3) is 0 Å². The van der Waals surface area contributed by atoms with Gasteiger partial charge >= 0.3 is 0 Å². The van der Waals surface area contributed by atoms with Crippen molar-refractivity contribution in [3.63, 3.8) is 0 Å². The van der Waals surface area contributed by atoms with Crippen molar-refractivity contribution in [3.05, 3.63) is 22.4 Å². The first-order valence-corrected chi connectivity index (χ1v) is 5.02. The largest absolute Gasteiger partial charge is 0.241 e. The molecule has 61 valence electrons. The lowest BCUT2D eigenvalue weighted by atomic mass is 10.2. The number of nitrogens with zero attached hydrogens (tertiary/aromatic N) is 1. The Morgan fingerprint density at radius 3 is 3.00 bits per heavy atom. The minimum atomic E-state index is 0.991. The van der Waals surface area contributed by atoms with Gasteiger partial charge in [-0.15, -0.1) is 0 Å². The topological polar surface area (TPSA) is 14.1 Å². The summed E-state index contributed by atoms with van der Waals surface area (Å²) in [5.41, 5.74) is 1.43. The first-order chi connectivity index (χ1) is 5.43. The summed E-state index contributed by atoms with van der Waals surface area (Å²) in [4.78, 5) is 0. The van der Waals surface area contributed by atoms with Crippen LogP contribution in [-0.4, -0.2) is 13.1 Å². The van der Waals surface area contributed by atoms with Crippen LogP contribution in [0.3, 0.4) is 0 Å². The van der Waals surface area contributed by atoms with E-state index in [1.54, 1.807) is 11.3 Å². The maximum absolute atomic E-state index is 4.37. The zero-order valence-corrected chi connectivity index (χ0v) is 7.73. The normalized spacial score (nSPS) is 10.3. The van der Waals surface area contributed by atoms with Gasteiger partial charge in [-0.3, -0.25) is 0 Å². The zero-order chi connectivity index (χ0) is 7.94. The molecule has 0 fully saturated rings. The van der Waals surface area contributed by atoms with E-state index in [0.29, 0.717) is 0 Å². The second-order valence-corrected chi connectivity index (χ2v) is 3.33. The van der Waals surface area contributed by atoms with Gasteiger partial charge in [-0.1, -0.05) is 6.92 Å². The average molecular weight is 168 g/mol. The Hall–Kier alpha value is -0.340. The quantitative estimate of drug-likeness (QED) is 0.599. The molecule has 0 N–H and O–H groups in total. The molecule has 1 radical (unpaired) electrons. The smallest absolute Gasteiger partial charge is 0.0174 e. The molecule has 0 aliphatic rings. The highest BCUT2D eigenvalue weighted by Gasteiger charge is 1.91. The Morgan fingerprint density at radius 1 is 1.45 bits per heavy atom. The number of hydrogen-bond donors (Lipinski definition) is 0. The Balaban J connectivity index is 2.04. The average Bonchev–Trinajstić information content (AvgIpc) is 2.50. The molecule has 1 rings (SSSR count). The molecule has 1 aromatic heterocycles. The standard InChI is InChI=1S/C9H14NS/c1-2-5-10-6-3-9-4-7-11-8-9/h4,7-8H,2-3,5-6H2,1H3. The molecule has 0 aliphatic carbocycles. The summed E-state index contributed by atoms with van der Waals surface area (Å²) < 4.78 is 0. The SMILES string of the molecule is CCC[N]CCc1ccsc1. The van der Waals surface area contributed by atoms with E-state index >= 15 is 0 Å². The van der Waals surface area contributed by atoms with Gasteiger partial charge in [0.1, 0.15) is 0 Å². The van der Waals surface area contributed by atoms with Crippen LogP contribution in [0.1, 0.15) is 18.9 Å². The van der Waals surface area contributed by atoms with Crippen LogP contribution in [0.15, 0.2) is 16.8 Å². The molecule has 0 saturated heterocycles. The van der Waals surface area contributed by atoms with Crippen molar-refractivity contribution in [2.45, 2.75) is 19.8 Å². The fourth-order valence-corrected chi connectivity index (χ4v) is 1.62. The third-order valence-electron chi connectivity index (χ3n) is 1.52. The Kier molecular flexibility index (Phi) is 4.24. The van der Waals surface area contributed by atoms with Crippen LogP contribution in [0.4, 0.5) is 0 Å². The summed E-state index contributed by atoms with van der Waals surface area (Å²) in [7, 11) is 0. The van der Waals surface area contributed by atoms with Gasteiger partial charge in [-0.25, -0.2) is 5.32 Å².